The van der Waals surface area contributed by atoms with E-state index in [2.05, 4.69) is 12.1 Å². The predicted octanol–water partition coefficient (Wildman–Crippen LogP) is 4.23. The molecule has 0 unspecified atom stereocenters. The predicted molar refractivity (Wildman–Crippen MR) is 81.1 cm³/mol. The molecule has 3 rings (SSSR count). The van der Waals surface area contributed by atoms with Gasteiger partial charge in [0.05, 0.1) is 5.57 Å². The summed E-state index contributed by atoms with van der Waals surface area (Å²) in [5.41, 5.74) is 3.64. The molecule has 0 saturated carbocycles. The summed E-state index contributed by atoms with van der Waals surface area (Å²) < 4.78 is 0. The summed E-state index contributed by atoms with van der Waals surface area (Å²) in [6.45, 7) is 1.76. The Morgan fingerprint density at radius 2 is 1.90 bits per heavy atom. The molecule has 0 atom stereocenters. The number of rotatable bonds is 2. The molecule has 1 N–H and O–H groups in total. The van der Waals surface area contributed by atoms with Crippen LogP contribution in [0.4, 0.5) is 0 Å². The number of carboxylic acid groups (broad SMARTS) is 1. The second kappa shape index (κ2) is 5.17. The monoisotopic (exact) mass is 282 g/mol. The van der Waals surface area contributed by atoms with Crippen molar-refractivity contribution in [2.75, 3.05) is 0 Å². The smallest absolute Gasteiger partial charge is 0.335 e. The molecular formula is C17H14O2S. The standard InChI is InChI=1S/C17H14O2S/c1-2-14(17(18)19)11-7-8-16-13(9-11)10-12-5-3-4-6-15(12)20-16/h2-9H,10H2,1H3,(H,18,19). The van der Waals surface area contributed by atoms with Gasteiger partial charge in [-0.3, -0.25) is 0 Å². The van der Waals surface area contributed by atoms with Crippen molar-refractivity contribution < 1.29 is 9.90 Å². The fourth-order valence-corrected chi connectivity index (χ4v) is 3.52. The van der Waals surface area contributed by atoms with E-state index in [9.17, 15) is 9.90 Å². The van der Waals surface area contributed by atoms with Crippen molar-refractivity contribution in [2.45, 2.75) is 23.1 Å². The number of benzene rings is 2. The Hall–Kier alpha value is -2.00. The number of hydrogen-bond donors (Lipinski definition) is 1. The summed E-state index contributed by atoms with van der Waals surface area (Å²) in [5, 5.41) is 9.22. The molecule has 1 heterocycles. The third kappa shape index (κ3) is 2.25. The van der Waals surface area contributed by atoms with Crippen LogP contribution in [-0.2, 0) is 11.2 Å². The second-order valence-corrected chi connectivity index (χ2v) is 5.80. The highest BCUT2D eigenvalue weighted by Crippen LogP contribution is 2.40. The number of hydrogen-bond acceptors (Lipinski definition) is 2. The third-order valence-corrected chi connectivity index (χ3v) is 4.70. The second-order valence-electron chi connectivity index (χ2n) is 4.72. The minimum absolute atomic E-state index is 0.358. The number of aliphatic carboxylic acids is 1. The quantitative estimate of drug-likeness (QED) is 0.715. The highest BCUT2D eigenvalue weighted by molar-refractivity contribution is 7.99. The molecule has 0 radical (unpaired) electrons. The number of fused-ring (bicyclic) bond motifs is 2. The van der Waals surface area contributed by atoms with Crippen LogP contribution in [0.3, 0.4) is 0 Å². The first-order valence-corrected chi connectivity index (χ1v) is 7.29. The molecule has 0 aliphatic carbocycles. The Kier molecular flexibility index (Phi) is 3.36. The van der Waals surface area contributed by atoms with E-state index in [4.69, 9.17) is 0 Å². The zero-order valence-corrected chi connectivity index (χ0v) is 11.9. The van der Waals surface area contributed by atoms with Crippen LogP contribution < -0.4 is 0 Å². The van der Waals surface area contributed by atoms with Gasteiger partial charge in [-0.2, -0.15) is 0 Å². The first-order chi connectivity index (χ1) is 9.69. The van der Waals surface area contributed by atoms with E-state index >= 15 is 0 Å². The van der Waals surface area contributed by atoms with E-state index in [1.54, 1.807) is 24.8 Å². The van der Waals surface area contributed by atoms with Gasteiger partial charge in [0.1, 0.15) is 0 Å². The average molecular weight is 282 g/mol. The molecule has 0 aromatic heterocycles. The summed E-state index contributed by atoms with van der Waals surface area (Å²) >= 11 is 1.75. The van der Waals surface area contributed by atoms with Gasteiger partial charge in [0, 0.05) is 9.79 Å². The SMILES string of the molecule is CC=C(C(=O)O)c1ccc2c(c1)Cc1ccccc1S2. The Labute approximate surface area is 122 Å². The van der Waals surface area contributed by atoms with Gasteiger partial charge in [0.2, 0.25) is 0 Å². The summed E-state index contributed by atoms with van der Waals surface area (Å²) in [5.74, 6) is -0.878. The fraction of sp³-hybridized carbons (Fsp3) is 0.118. The summed E-state index contributed by atoms with van der Waals surface area (Å²) in [4.78, 5) is 13.7. The van der Waals surface area contributed by atoms with Gasteiger partial charge in [-0.25, -0.2) is 4.79 Å². The van der Waals surface area contributed by atoms with Crippen LogP contribution in [0, 0.1) is 0 Å². The van der Waals surface area contributed by atoms with Crippen molar-refractivity contribution in [1.29, 1.82) is 0 Å². The number of allylic oxidation sites excluding steroid dienone is 1. The van der Waals surface area contributed by atoms with E-state index in [1.165, 1.54) is 20.9 Å². The lowest BCUT2D eigenvalue weighted by molar-refractivity contribution is -0.130. The topological polar surface area (TPSA) is 37.3 Å². The third-order valence-electron chi connectivity index (χ3n) is 3.46. The van der Waals surface area contributed by atoms with Crippen LogP contribution in [-0.4, -0.2) is 11.1 Å². The molecule has 0 bridgehead atoms. The van der Waals surface area contributed by atoms with Crippen LogP contribution in [0.2, 0.25) is 0 Å². The van der Waals surface area contributed by atoms with Crippen molar-refractivity contribution in [3.63, 3.8) is 0 Å². The molecule has 1 aliphatic heterocycles. The van der Waals surface area contributed by atoms with Crippen LogP contribution in [0.25, 0.3) is 5.57 Å². The maximum Gasteiger partial charge on any atom is 0.335 e. The molecule has 2 aromatic carbocycles. The molecule has 0 fully saturated rings. The van der Waals surface area contributed by atoms with E-state index < -0.39 is 5.97 Å². The molecule has 2 aromatic rings. The number of carboxylic acids is 1. The van der Waals surface area contributed by atoms with E-state index in [-0.39, 0.29) is 0 Å². The molecule has 0 spiro atoms. The minimum Gasteiger partial charge on any atom is -0.478 e. The highest BCUT2D eigenvalue weighted by atomic mass is 32.2. The average Bonchev–Trinajstić information content (AvgIpc) is 2.45. The lowest BCUT2D eigenvalue weighted by atomic mass is 9.98. The minimum atomic E-state index is -0.878. The first kappa shape index (κ1) is 13.0. The van der Waals surface area contributed by atoms with Crippen LogP contribution >= 0.6 is 11.8 Å². The summed E-state index contributed by atoms with van der Waals surface area (Å²) in [7, 11) is 0. The van der Waals surface area contributed by atoms with Crippen molar-refractivity contribution in [2.24, 2.45) is 0 Å². The molecule has 3 heteroatoms. The molecule has 0 saturated heterocycles. The van der Waals surface area contributed by atoms with Gasteiger partial charge < -0.3 is 5.11 Å². The normalized spacial score (nSPS) is 13.6. The lowest BCUT2D eigenvalue weighted by Gasteiger charge is -2.19. The molecule has 20 heavy (non-hydrogen) atoms. The molecular weight excluding hydrogens is 268 g/mol. The summed E-state index contributed by atoms with van der Waals surface area (Å²) in [6, 6.07) is 14.3. The summed E-state index contributed by atoms with van der Waals surface area (Å²) in [6.07, 6.45) is 2.51. The Morgan fingerprint density at radius 1 is 1.15 bits per heavy atom. The Balaban J connectivity index is 2.02. The van der Waals surface area contributed by atoms with Crippen molar-refractivity contribution in [3.05, 3.63) is 65.2 Å². The van der Waals surface area contributed by atoms with E-state index in [0.717, 1.165) is 12.0 Å². The fourth-order valence-electron chi connectivity index (χ4n) is 2.47. The van der Waals surface area contributed by atoms with Gasteiger partial charge in [-0.15, -0.1) is 0 Å². The Morgan fingerprint density at radius 3 is 2.65 bits per heavy atom. The molecule has 2 nitrogen and oxygen atoms in total. The van der Waals surface area contributed by atoms with Crippen LogP contribution in [0.1, 0.15) is 23.6 Å². The zero-order chi connectivity index (χ0) is 14.1. The van der Waals surface area contributed by atoms with Crippen molar-refractivity contribution in [1.82, 2.24) is 0 Å². The highest BCUT2D eigenvalue weighted by Gasteiger charge is 2.17. The van der Waals surface area contributed by atoms with E-state index in [1.807, 2.05) is 30.3 Å². The van der Waals surface area contributed by atoms with Gasteiger partial charge in [-0.1, -0.05) is 42.1 Å². The lowest BCUT2D eigenvalue weighted by Crippen LogP contribution is -2.03. The van der Waals surface area contributed by atoms with Gasteiger partial charge >= 0.3 is 5.97 Å². The molecule has 100 valence electrons. The first-order valence-electron chi connectivity index (χ1n) is 6.47. The Bertz CT molecular complexity index is 717. The van der Waals surface area contributed by atoms with Gasteiger partial charge in [-0.05, 0) is 48.2 Å². The molecule has 0 amide bonds. The van der Waals surface area contributed by atoms with Crippen LogP contribution in [0.5, 0.6) is 0 Å². The molecule has 1 aliphatic rings. The van der Waals surface area contributed by atoms with E-state index in [0.29, 0.717) is 5.57 Å². The van der Waals surface area contributed by atoms with Gasteiger partial charge in [0.25, 0.3) is 0 Å². The van der Waals surface area contributed by atoms with Crippen molar-refractivity contribution in [3.8, 4) is 0 Å². The zero-order valence-electron chi connectivity index (χ0n) is 11.1. The van der Waals surface area contributed by atoms with Crippen molar-refractivity contribution >= 4 is 23.3 Å². The van der Waals surface area contributed by atoms with Crippen LogP contribution in [0.15, 0.2) is 58.3 Å². The number of carbonyl (C=O) groups is 1. The maximum atomic E-state index is 11.2. The maximum absolute atomic E-state index is 11.2. The largest absolute Gasteiger partial charge is 0.478 e. The van der Waals surface area contributed by atoms with Gasteiger partial charge in [0.15, 0.2) is 0 Å².